The predicted molar refractivity (Wildman–Crippen MR) is 62.4 cm³/mol. The fraction of sp³-hybridized carbons (Fsp3) is 0.333. The van der Waals surface area contributed by atoms with Crippen LogP contribution in [0.1, 0.15) is 0 Å². The number of amides is 1. The number of fused-ring (bicyclic) bond motifs is 1. The maximum Gasteiger partial charge on any atom is 0.414 e. The number of cyclic esters (lactones) is 1. The summed E-state index contributed by atoms with van der Waals surface area (Å²) in [5.41, 5.74) is 0.528. The first-order valence-corrected chi connectivity index (χ1v) is 5.72. The summed E-state index contributed by atoms with van der Waals surface area (Å²) in [6.45, 7) is 0.115. The Morgan fingerprint density at radius 1 is 1.26 bits per heavy atom. The van der Waals surface area contributed by atoms with Gasteiger partial charge in [0.25, 0.3) is 0 Å². The maximum atomic E-state index is 11.7. The van der Waals surface area contributed by atoms with Crippen molar-refractivity contribution in [3.05, 3.63) is 18.2 Å². The first kappa shape index (κ1) is 11.6. The average molecular weight is 265 g/mol. The summed E-state index contributed by atoms with van der Waals surface area (Å²) in [7, 11) is 0. The van der Waals surface area contributed by atoms with E-state index in [9.17, 15) is 9.59 Å². The first-order valence-electron chi connectivity index (χ1n) is 5.72. The highest BCUT2D eigenvalue weighted by atomic mass is 16.7. The number of nitrogens with zero attached hydrogens (tertiary/aromatic N) is 1. The van der Waals surface area contributed by atoms with Crippen molar-refractivity contribution in [3.63, 3.8) is 0 Å². The van der Waals surface area contributed by atoms with Gasteiger partial charge in [0, 0.05) is 12.6 Å². The van der Waals surface area contributed by atoms with Crippen molar-refractivity contribution in [1.82, 2.24) is 0 Å². The average Bonchev–Trinajstić information content (AvgIpc) is 2.86. The van der Waals surface area contributed by atoms with Gasteiger partial charge in [0.2, 0.25) is 6.79 Å². The molecule has 0 radical (unpaired) electrons. The maximum absolute atomic E-state index is 11.7. The number of aliphatic carboxylic acids is 1. The number of benzene rings is 1. The first-order chi connectivity index (χ1) is 9.15. The standard InChI is InChI=1S/C12H11NO6/c14-11(15)7-4-13(12(16)17-5-7)8-1-2-9-10(3-8)19-6-18-9/h1-3,7H,4-6H2,(H,14,15). The van der Waals surface area contributed by atoms with Gasteiger partial charge in [-0.25, -0.2) is 4.79 Å². The molecule has 19 heavy (non-hydrogen) atoms. The molecule has 1 unspecified atom stereocenters. The molecule has 1 amide bonds. The smallest absolute Gasteiger partial charge is 0.414 e. The van der Waals surface area contributed by atoms with E-state index < -0.39 is 18.0 Å². The van der Waals surface area contributed by atoms with Crippen molar-refractivity contribution in [3.8, 4) is 11.5 Å². The van der Waals surface area contributed by atoms with Crippen molar-refractivity contribution in [2.75, 3.05) is 24.8 Å². The lowest BCUT2D eigenvalue weighted by atomic mass is 10.1. The van der Waals surface area contributed by atoms with E-state index in [1.165, 1.54) is 4.90 Å². The van der Waals surface area contributed by atoms with Crippen LogP contribution in [0.4, 0.5) is 10.5 Å². The lowest BCUT2D eigenvalue weighted by Gasteiger charge is -2.30. The quantitative estimate of drug-likeness (QED) is 0.861. The van der Waals surface area contributed by atoms with Gasteiger partial charge in [-0.1, -0.05) is 0 Å². The lowest BCUT2D eigenvalue weighted by Crippen LogP contribution is -2.45. The van der Waals surface area contributed by atoms with Crippen LogP contribution in [0.2, 0.25) is 0 Å². The van der Waals surface area contributed by atoms with E-state index in [4.69, 9.17) is 19.3 Å². The molecule has 1 aromatic carbocycles. The van der Waals surface area contributed by atoms with E-state index in [-0.39, 0.29) is 19.9 Å². The zero-order valence-corrected chi connectivity index (χ0v) is 9.87. The molecule has 0 aliphatic carbocycles. The highest BCUT2D eigenvalue weighted by molar-refractivity contribution is 5.90. The Kier molecular flexibility index (Phi) is 2.66. The van der Waals surface area contributed by atoms with Crippen LogP contribution in [-0.2, 0) is 9.53 Å². The van der Waals surface area contributed by atoms with E-state index in [1.54, 1.807) is 18.2 Å². The molecule has 2 heterocycles. The summed E-state index contributed by atoms with van der Waals surface area (Å²) in [6, 6.07) is 4.97. The minimum Gasteiger partial charge on any atom is -0.481 e. The van der Waals surface area contributed by atoms with Crippen LogP contribution < -0.4 is 14.4 Å². The fourth-order valence-corrected chi connectivity index (χ4v) is 2.01. The van der Waals surface area contributed by atoms with Crippen LogP contribution in [0.3, 0.4) is 0 Å². The zero-order chi connectivity index (χ0) is 13.4. The molecule has 100 valence electrons. The van der Waals surface area contributed by atoms with Gasteiger partial charge in [-0.05, 0) is 12.1 Å². The number of ether oxygens (including phenoxy) is 3. The largest absolute Gasteiger partial charge is 0.481 e. The van der Waals surface area contributed by atoms with Gasteiger partial charge in [-0.3, -0.25) is 9.69 Å². The number of carboxylic acids is 1. The molecule has 1 fully saturated rings. The van der Waals surface area contributed by atoms with Crippen molar-refractivity contribution < 1.29 is 28.9 Å². The molecule has 0 saturated carbocycles. The molecule has 1 N–H and O–H groups in total. The van der Waals surface area contributed by atoms with E-state index in [2.05, 4.69) is 0 Å². The highest BCUT2D eigenvalue weighted by Crippen LogP contribution is 2.36. The van der Waals surface area contributed by atoms with E-state index in [1.807, 2.05) is 0 Å². The Morgan fingerprint density at radius 2 is 2.05 bits per heavy atom. The van der Waals surface area contributed by atoms with E-state index >= 15 is 0 Å². The summed E-state index contributed by atoms with van der Waals surface area (Å²) in [5, 5.41) is 8.98. The van der Waals surface area contributed by atoms with Crippen molar-refractivity contribution >= 4 is 17.7 Å². The number of hydrogen-bond donors (Lipinski definition) is 1. The minimum absolute atomic E-state index is 0.0772. The molecule has 0 aromatic heterocycles. The summed E-state index contributed by atoms with van der Waals surface area (Å²) >= 11 is 0. The Labute approximate surface area is 108 Å². The van der Waals surface area contributed by atoms with Crippen LogP contribution >= 0.6 is 0 Å². The normalized spacial score (nSPS) is 21.2. The number of rotatable bonds is 2. The van der Waals surface area contributed by atoms with E-state index in [0.717, 1.165) is 0 Å². The topological polar surface area (TPSA) is 85.3 Å². The summed E-state index contributed by atoms with van der Waals surface area (Å²) in [4.78, 5) is 23.9. The minimum atomic E-state index is -0.988. The molecule has 2 aliphatic rings. The second kappa shape index (κ2) is 4.34. The fourth-order valence-electron chi connectivity index (χ4n) is 2.01. The summed E-state index contributed by atoms with van der Waals surface area (Å²) < 4.78 is 15.3. The van der Waals surface area contributed by atoms with Gasteiger partial charge >= 0.3 is 12.1 Å². The van der Waals surface area contributed by atoms with Gasteiger partial charge in [0.1, 0.15) is 12.5 Å². The monoisotopic (exact) mass is 265 g/mol. The number of carbonyl (C=O) groups excluding carboxylic acids is 1. The highest BCUT2D eigenvalue weighted by Gasteiger charge is 2.33. The SMILES string of the molecule is O=C(O)C1COC(=O)N(c2ccc3c(c2)OCO3)C1. The molecular formula is C12H11NO6. The van der Waals surface area contributed by atoms with Crippen LogP contribution in [0.25, 0.3) is 0 Å². The predicted octanol–water partition coefficient (Wildman–Crippen LogP) is 1.07. The van der Waals surface area contributed by atoms with Crippen molar-refractivity contribution in [2.24, 2.45) is 5.92 Å². The van der Waals surface area contributed by atoms with Crippen LogP contribution in [0.15, 0.2) is 18.2 Å². The Bertz CT molecular complexity index is 543. The molecule has 0 bridgehead atoms. The second-order valence-electron chi connectivity index (χ2n) is 4.26. The van der Waals surface area contributed by atoms with Crippen LogP contribution in [0, 0.1) is 5.92 Å². The van der Waals surface area contributed by atoms with E-state index in [0.29, 0.717) is 17.2 Å². The molecule has 1 aromatic rings. The molecule has 1 atom stereocenters. The number of carbonyl (C=O) groups is 2. The lowest BCUT2D eigenvalue weighted by molar-refractivity contribution is -0.143. The van der Waals surface area contributed by atoms with Crippen LogP contribution in [0.5, 0.6) is 11.5 Å². The number of anilines is 1. The number of hydrogen-bond acceptors (Lipinski definition) is 5. The van der Waals surface area contributed by atoms with Gasteiger partial charge in [-0.15, -0.1) is 0 Å². The Morgan fingerprint density at radius 3 is 2.84 bits per heavy atom. The van der Waals surface area contributed by atoms with Crippen molar-refractivity contribution in [2.45, 2.75) is 0 Å². The van der Waals surface area contributed by atoms with Gasteiger partial charge < -0.3 is 19.3 Å². The van der Waals surface area contributed by atoms with Gasteiger partial charge in [0.05, 0.1) is 5.69 Å². The third kappa shape index (κ3) is 2.03. The molecule has 7 nitrogen and oxygen atoms in total. The molecular weight excluding hydrogens is 254 g/mol. The molecule has 0 spiro atoms. The number of carboxylic acid groups (broad SMARTS) is 1. The van der Waals surface area contributed by atoms with Gasteiger partial charge in [0.15, 0.2) is 11.5 Å². The molecule has 1 saturated heterocycles. The zero-order valence-electron chi connectivity index (χ0n) is 9.87. The summed E-state index contributed by atoms with van der Waals surface area (Å²) in [5.74, 6) is -0.590. The molecule has 7 heteroatoms. The van der Waals surface area contributed by atoms with Gasteiger partial charge in [-0.2, -0.15) is 0 Å². The van der Waals surface area contributed by atoms with Crippen molar-refractivity contribution in [1.29, 1.82) is 0 Å². The third-order valence-corrected chi connectivity index (χ3v) is 3.05. The third-order valence-electron chi connectivity index (χ3n) is 3.05. The summed E-state index contributed by atoms with van der Waals surface area (Å²) in [6.07, 6.45) is -0.559. The molecule has 2 aliphatic heterocycles. The second-order valence-corrected chi connectivity index (χ2v) is 4.26. The molecule has 3 rings (SSSR count). The Balaban J connectivity index is 1.87. The Hall–Kier alpha value is -2.44. The van der Waals surface area contributed by atoms with Crippen LogP contribution in [-0.4, -0.2) is 37.1 Å².